The van der Waals surface area contributed by atoms with Gasteiger partial charge in [-0.2, -0.15) is 0 Å². The van der Waals surface area contributed by atoms with E-state index in [9.17, 15) is 0 Å². The maximum absolute atomic E-state index is 5.83. The fourth-order valence-corrected chi connectivity index (χ4v) is 2.37. The van der Waals surface area contributed by atoms with Gasteiger partial charge in [-0.3, -0.25) is 0 Å². The molecule has 0 fully saturated rings. The van der Waals surface area contributed by atoms with E-state index in [0.717, 1.165) is 21.3 Å². The van der Waals surface area contributed by atoms with Crippen LogP contribution < -0.4 is 5.73 Å². The molecule has 0 saturated carbocycles. The number of halogens is 2. The van der Waals surface area contributed by atoms with Crippen LogP contribution in [0.25, 0.3) is 11.3 Å². The molecule has 0 aliphatic heterocycles. The number of aryl methyl sites for hydroxylation is 1. The van der Waals surface area contributed by atoms with E-state index < -0.39 is 0 Å². The molecule has 86 valence electrons. The summed E-state index contributed by atoms with van der Waals surface area (Å²) < 4.78 is 0. The van der Waals surface area contributed by atoms with Crippen molar-refractivity contribution < 1.29 is 0 Å². The predicted molar refractivity (Wildman–Crippen MR) is 72.4 cm³/mol. The van der Waals surface area contributed by atoms with Crippen molar-refractivity contribution in [3.05, 3.63) is 39.2 Å². The Morgan fingerprint density at radius 3 is 2.44 bits per heavy atom. The molecule has 0 bridgehead atoms. The summed E-state index contributed by atoms with van der Waals surface area (Å²) in [7, 11) is 0. The highest BCUT2D eigenvalue weighted by Crippen LogP contribution is 2.28. The SMILES string of the molecule is Cc1sc(CN)nc1-c1ccc(Cl)cc1.Cl. The third-order valence-corrected chi connectivity index (χ3v) is 3.38. The molecule has 1 heterocycles. The normalized spacial score (nSPS) is 9.94. The van der Waals surface area contributed by atoms with Crippen LogP contribution in [-0.4, -0.2) is 4.98 Å². The van der Waals surface area contributed by atoms with Crippen LogP contribution in [-0.2, 0) is 6.54 Å². The summed E-state index contributed by atoms with van der Waals surface area (Å²) in [6.45, 7) is 2.56. The highest BCUT2D eigenvalue weighted by Gasteiger charge is 2.08. The van der Waals surface area contributed by atoms with E-state index in [2.05, 4.69) is 11.9 Å². The van der Waals surface area contributed by atoms with Crippen molar-refractivity contribution in [1.29, 1.82) is 0 Å². The first-order valence-electron chi connectivity index (χ1n) is 4.63. The molecular weight excluding hydrogens is 263 g/mol. The van der Waals surface area contributed by atoms with Crippen molar-refractivity contribution in [2.24, 2.45) is 5.73 Å². The molecule has 2 nitrogen and oxygen atoms in total. The summed E-state index contributed by atoms with van der Waals surface area (Å²) in [6.07, 6.45) is 0. The molecule has 2 rings (SSSR count). The summed E-state index contributed by atoms with van der Waals surface area (Å²) in [6, 6.07) is 7.70. The smallest absolute Gasteiger partial charge is 0.107 e. The Hall–Kier alpha value is -0.610. The van der Waals surface area contributed by atoms with Gasteiger partial charge in [0.05, 0.1) is 5.69 Å². The van der Waals surface area contributed by atoms with Gasteiger partial charge in [-0.15, -0.1) is 23.7 Å². The van der Waals surface area contributed by atoms with E-state index in [1.165, 1.54) is 4.88 Å². The van der Waals surface area contributed by atoms with Gasteiger partial charge in [0, 0.05) is 22.0 Å². The van der Waals surface area contributed by atoms with Crippen LogP contribution in [0.1, 0.15) is 9.88 Å². The van der Waals surface area contributed by atoms with Crippen LogP contribution in [0, 0.1) is 6.92 Å². The monoisotopic (exact) mass is 274 g/mol. The maximum atomic E-state index is 5.83. The Balaban J connectivity index is 0.00000128. The van der Waals surface area contributed by atoms with Crippen LogP contribution >= 0.6 is 35.3 Å². The number of rotatable bonds is 2. The Labute approximate surface area is 110 Å². The van der Waals surface area contributed by atoms with Crippen LogP contribution in [0.15, 0.2) is 24.3 Å². The minimum atomic E-state index is 0. The van der Waals surface area contributed by atoms with Gasteiger partial charge in [-0.05, 0) is 19.1 Å². The van der Waals surface area contributed by atoms with E-state index in [1.807, 2.05) is 24.3 Å². The lowest BCUT2D eigenvalue weighted by atomic mass is 10.1. The highest BCUT2D eigenvalue weighted by molar-refractivity contribution is 7.12. The van der Waals surface area contributed by atoms with Crippen molar-refractivity contribution in [2.45, 2.75) is 13.5 Å². The summed E-state index contributed by atoms with van der Waals surface area (Å²) in [5.74, 6) is 0. The van der Waals surface area contributed by atoms with Crippen molar-refractivity contribution in [3.8, 4) is 11.3 Å². The van der Waals surface area contributed by atoms with Gasteiger partial charge < -0.3 is 5.73 Å². The molecule has 5 heteroatoms. The average Bonchev–Trinajstić information content (AvgIpc) is 2.61. The van der Waals surface area contributed by atoms with E-state index in [0.29, 0.717) is 6.54 Å². The fourth-order valence-electron chi connectivity index (χ4n) is 1.41. The standard InChI is InChI=1S/C11H11ClN2S.ClH/c1-7-11(14-10(6-13)15-7)8-2-4-9(12)5-3-8;/h2-5H,6,13H2,1H3;1H. The fraction of sp³-hybridized carbons (Fsp3) is 0.182. The van der Waals surface area contributed by atoms with Crippen LogP contribution in [0.3, 0.4) is 0 Å². The molecule has 0 saturated heterocycles. The molecular formula is C11H12Cl2N2S. The molecule has 1 aromatic carbocycles. The van der Waals surface area contributed by atoms with Gasteiger partial charge in [0.15, 0.2) is 0 Å². The second-order valence-corrected chi connectivity index (χ2v) is 4.95. The Morgan fingerprint density at radius 2 is 1.94 bits per heavy atom. The maximum Gasteiger partial charge on any atom is 0.107 e. The number of nitrogens with zero attached hydrogens (tertiary/aromatic N) is 1. The van der Waals surface area contributed by atoms with Crippen LogP contribution in [0.5, 0.6) is 0 Å². The van der Waals surface area contributed by atoms with Crippen molar-refractivity contribution in [3.63, 3.8) is 0 Å². The Morgan fingerprint density at radius 1 is 1.31 bits per heavy atom. The van der Waals surface area contributed by atoms with Gasteiger partial charge in [-0.1, -0.05) is 23.7 Å². The lowest BCUT2D eigenvalue weighted by Crippen LogP contribution is -1.94. The minimum Gasteiger partial charge on any atom is -0.325 e. The molecule has 2 N–H and O–H groups in total. The summed E-state index contributed by atoms with van der Waals surface area (Å²) >= 11 is 7.48. The molecule has 0 radical (unpaired) electrons. The van der Waals surface area contributed by atoms with Gasteiger partial charge in [0.1, 0.15) is 5.01 Å². The Kier molecular flexibility index (Phi) is 4.74. The van der Waals surface area contributed by atoms with Gasteiger partial charge in [0.25, 0.3) is 0 Å². The van der Waals surface area contributed by atoms with Crippen molar-refractivity contribution in [2.75, 3.05) is 0 Å². The first-order valence-corrected chi connectivity index (χ1v) is 5.82. The third-order valence-electron chi connectivity index (χ3n) is 2.13. The summed E-state index contributed by atoms with van der Waals surface area (Å²) in [4.78, 5) is 5.67. The second kappa shape index (κ2) is 5.64. The number of aromatic nitrogens is 1. The number of thiazole rings is 1. The van der Waals surface area contributed by atoms with E-state index in [-0.39, 0.29) is 12.4 Å². The Bertz CT molecular complexity index is 465. The molecule has 16 heavy (non-hydrogen) atoms. The lowest BCUT2D eigenvalue weighted by Gasteiger charge is -1.98. The second-order valence-electron chi connectivity index (χ2n) is 3.22. The largest absolute Gasteiger partial charge is 0.325 e. The number of benzene rings is 1. The van der Waals surface area contributed by atoms with Gasteiger partial charge in [-0.25, -0.2) is 4.98 Å². The first-order chi connectivity index (χ1) is 7.20. The molecule has 0 aliphatic rings. The van der Waals surface area contributed by atoms with E-state index >= 15 is 0 Å². The van der Waals surface area contributed by atoms with Crippen LogP contribution in [0.4, 0.5) is 0 Å². The zero-order valence-corrected chi connectivity index (χ0v) is 11.1. The van der Waals surface area contributed by atoms with Gasteiger partial charge in [0.2, 0.25) is 0 Å². The molecule has 0 spiro atoms. The topological polar surface area (TPSA) is 38.9 Å². The average molecular weight is 275 g/mol. The number of hydrogen-bond donors (Lipinski definition) is 1. The van der Waals surface area contributed by atoms with E-state index in [4.69, 9.17) is 17.3 Å². The number of hydrogen-bond acceptors (Lipinski definition) is 3. The van der Waals surface area contributed by atoms with Gasteiger partial charge >= 0.3 is 0 Å². The zero-order chi connectivity index (χ0) is 10.8. The first kappa shape index (κ1) is 13.5. The molecule has 0 unspecified atom stereocenters. The molecule has 1 aromatic heterocycles. The van der Waals surface area contributed by atoms with E-state index in [1.54, 1.807) is 11.3 Å². The molecule has 0 amide bonds. The van der Waals surface area contributed by atoms with Crippen molar-refractivity contribution in [1.82, 2.24) is 4.98 Å². The summed E-state index contributed by atoms with van der Waals surface area (Å²) in [5, 5.41) is 1.71. The molecule has 2 aromatic rings. The highest BCUT2D eigenvalue weighted by atomic mass is 35.5. The minimum absolute atomic E-state index is 0. The number of nitrogens with two attached hydrogens (primary N) is 1. The predicted octanol–water partition coefficient (Wildman–Crippen LogP) is 3.65. The molecule has 0 aliphatic carbocycles. The van der Waals surface area contributed by atoms with Crippen molar-refractivity contribution >= 4 is 35.3 Å². The quantitative estimate of drug-likeness (QED) is 0.908. The summed E-state index contributed by atoms with van der Waals surface area (Å²) in [5.41, 5.74) is 7.66. The zero-order valence-electron chi connectivity index (χ0n) is 8.74. The van der Waals surface area contributed by atoms with Crippen LogP contribution in [0.2, 0.25) is 5.02 Å². The lowest BCUT2D eigenvalue weighted by molar-refractivity contribution is 1.04. The molecule has 0 atom stereocenters. The third kappa shape index (κ3) is 2.74.